The van der Waals surface area contributed by atoms with E-state index in [4.69, 9.17) is 0 Å². The van der Waals surface area contributed by atoms with Crippen molar-refractivity contribution in [2.45, 2.75) is 44.7 Å². The molecule has 1 saturated carbocycles. The number of amides is 1. The van der Waals surface area contributed by atoms with Crippen LogP contribution in [0.2, 0.25) is 0 Å². The van der Waals surface area contributed by atoms with Gasteiger partial charge in [-0.05, 0) is 43.2 Å². The Hall–Kier alpha value is -3.67. The van der Waals surface area contributed by atoms with Gasteiger partial charge >= 0.3 is 0 Å². The van der Waals surface area contributed by atoms with E-state index >= 15 is 0 Å². The second kappa shape index (κ2) is 8.70. The normalized spacial score (nSPS) is 14.6. The first-order valence-electron chi connectivity index (χ1n) is 11.5. The summed E-state index contributed by atoms with van der Waals surface area (Å²) in [4.78, 5) is 40.8. The molecule has 0 saturated heterocycles. The van der Waals surface area contributed by atoms with Crippen LogP contribution in [0.1, 0.15) is 32.1 Å². The largest absolute Gasteiger partial charge is 0.331 e. The zero-order chi connectivity index (χ0) is 22.9. The third kappa shape index (κ3) is 3.86. The van der Waals surface area contributed by atoms with E-state index < -0.39 is 0 Å². The average Bonchev–Trinajstić information content (AvgIpc) is 2.85. The fourth-order valence-electron chi connectivity index (χ4n) is 5.08. The van der Waals surface area contributed by atoms with E-state index in [1.807, 2.05) is 58.0 Å². The Balaban J connectivity index is 1.64. The van der Waals surface area contributed by atoms with Gasteiger partial charge in [-0.1, -0.05) is 43.5 Å². The lowest BCUT2D eigenvalue weighted by Gasteiger charge is -2.35. The first kappa shape index (κ1) is 21.2. The van der Waals surface area contributed by atoms with Gasteiger partial charge in [0.1, 0.15) is 6.54 Å². The Morgan fingerprint density at radius 1 is 0.879 bits per heavy atom. The van der Waals surface area contributed by atoms with Crippen molar-refractivity contribution in [3.8, 4) is 0 Å². The van der Waals surface area contributed by atoms with Gasteiger partial charge < -0.3 is 14.0 Å². The summed E-state index contributed by atoms with van der Waals surface area (Å²) in [6.45, 7) is 0.112. The Bertz CT molecular complexity index is 1400. The highest BCUT2D eigenvalue weighted by Crippen LogP contribution is 2.28. The van der Waals surface area contributed by atoms with Crippen LogP contribution in [-0.2, 0) is 18.4 Å². The predicted octanol–water partition coefficient (Wildman–Crippen LogP) is 4.22. The Kier molecular flexibility index (Phi) is 5.58. The number of pyridine rings is 2. The number of carbonyl (C=O) groups excluding carboxylic acids is 1. The summed E-state index contributed by atoms with van der Waals surface area (Å²) in [6, 6.07) is 18.3. The van der Waals surface area contributed by atoms with E-state index in [0.717, 1.165) is 42.4 Å². The van der Waals surface area contributed by atoms with Crippen molar-refractivity contribution in [1.29, 1.82) is 0 Å². The summed E-state index contributed by atoms with van der Waals surface area (Å²) in [5.74, 6) is -0.0421. The highest BCUT2D eigenvalue weighted by atomic mass is 16.2. The van der Waals surface area contributed by atoms with Crippen LogP contribution in [0.4, 0.5) is 5.69 Å². The van der Waals surface area contributed by atoms with Crippen molar-refractivity contribution in [3.63, 3.8) is 0 Å². The maximum Gasteiger partial charge on any atom is 0.250 e. The lowest BCUT2D eigenvalue weighted by molar-refractivity contribution is -0.119. The van der Waals surface area contributed by atoms with Crippen molar-refractivity contribution in [2.75, 3.05) is 4.90 Å². The van der Waals surface area contributed by atoms with Gasteiger partial charge in [0.2, 0.25) is 11.5 Å². The highest BCUT2D eigenvalue weighted by molar-refractivity contribution is 5.98. The van der Waals surface area contributed by atoms with Crippen molar-refractivity contribution >= 4 is 33.4 Å². The summed E-state index contributed by atoms with van der Waals surface area (Å²) < 4.78 is 3.47. The molecule has 0 unspecified atom stereocenters. The van der Waals surface area contributed by atoms with Crippen LogP contribution in [0.15, 0.2) is 76.4 Å². The van der Waals surface area contributed by atoms with Crippen LogP contribution in [0.25, 0.3) is 21.8 Å². The van der Waals surface area contributed by atoms with Gasteiger partial charge in [0, 0.05) is 36.1 Å². The van der Waals surface area contributed by atoms with Crippen LogP contribution in [0, 0.1) is 0 Å². The topological polar surface area (TPSA) is 64.3 Å². The molecular formula is C27H27N3O3. The lowest BCUT2D eigenvalue weighted by Crippen LogP contribution is -2.44. The van der Waals surface area contributed by atoms with Crippen molar-refractivity contribution in [3.05, 3.63) is 87.4 Å². The van der Waals surface area contributed by atoms with Crippen molar-refractivity contribution in [1.82, 2.24) is 9.13 Å². The third-order valence-corrected chi connectivity index (χ3v) is 6.73. The van der Waals surface area contributed by atoms with Crippen LogP contribution in [0.5, 0.6) is 0 Å². The van der Waals surface area contributed by atoms with E-state index in [2.05, 4.69) is 0 Å². The SMILES string of the molecule is Cn1cc(N(C(=O)Cn2c3ccccc3c(=O)c3ccccc32)C2CCCCC2)ccc1=O. The van der Waals surface area contributed by atoms with Crippen molar-refractivity contribution < 1.29 is 4.79 Å². The Labute approximate surface area is 191 Å². The molecule has 0 N–H and O–H groups in total. The molecule has 4 aromatic rings. The van der Waals surface area contributed by atoms with E-state index in [1.165, 1.54) is 17.1 Å². The second-order valence-electron chi connectivity index (χ2n) is 8.84. The van der Waals surface area contributed by atoms with Gasteiger partial charge in [-0.3, -0.25) is 14.4 Å². The standard InChI is InChI=1S/C27H27N3O3/c1-28-17-20(15-16-25(28)31)30(19-9-3-2-4-10-19)26(32)18-29-23-13-7-5-11-21(23)27(33)22-12-6-8-14-24(22)29/h5-8,11-17,19H,2-4,9-10,18H2,1H3. The number of rotatable bonds is 4. The highest BCUT2D eigenvalue weighted by Gasteiger charge is 2.28. The minimum Gasteiger partial charge on any atom is -0.331 e. The molecule has 0 spiro atoms. The number of fused-ring (bicyclic) bond motifs is 2. The van der Waals surface area contributed by atoms with Crippen molar-refractivity contribution in [2.24, 2.45) is 7.05 Å². The Morgan fingerprint density at radius 3 is 2.09 bits per heavy atom. The fraction of sp³-hybridized carbons (Fsp3) is 0.296. The predicted molar refractivity (Wildman–Crippen MR) is 132 cm³/mol. The van der Waals surface area contributed by atoms with Gasteiger partial charge in [0.15, 0.2) is 5.43 Å². The number of para-hydroxylation sites is 2. The molecule has 6 heteroatoms. The van der Waals surface area contributed by atoms with Gasteiger partial charge in [0.25, 0.3) is 0 Å². The maximum atomic E-state index is 13.9. The molecule has 1 aliphatic carbocycles. The number of benzene rings is 2. The summed E-state index contributed by atoms with van der Waals surface area (Å²) in [6.07, 6.45) is 6.99. The molecule has 33 heavy (non-hydrogen) atoms. The molecule has 0 radical (unpaired) electrons. The summed E-state index contributed by atoms with van der Waals surface area (Å²) >= 11 is 0. The molecule has 2 heterocycles. The number of anilines is 1. The number of carbonyl (C=O) groups is 1. The van der Waals surface area contributed by atoms with E-state index in [9.17, 15) is 14.4 Å². The number of aryl methyl sites for hydroxylation is 1. The number of nitrogens with zero attached hydrogens (tertiary/aromatic N) is 3. The first-order valence-corrected chi connectivity index (χ1v) is 11.5. The first-order chi connectivity index (χ1) is 16.0. The minimum absolute atomic E-state index is 0.0212. The fourth-order valence-corrected chi connectivity index (χ4v) is 5.08. The molecular weight excluding hydrogens is 414 g/mol. The van der Waals surface area contributed by atoms with Crippen LogP contribution in [0.3, 0.4) is 0 Å². The summed E-state index contributed by atoms with van der Waals surface area (Å²) in [5, 5.41) is 1.21. The Morgan fingerprint density at radius 2 is 1.48 bits per heavy atom. The van der Waals surface area contributed by atoms with E-state index in [-0.39, 0.29) is 29.5 Å². The zero-order valence-electron chi connectivity index (χ0n) is 18.7. The molecule has 0 aliphatic heterocycles. The quantitative estimate of drug-likeness (QED) is 0.446. The summed E-state index contributed by atoms with van der Waals surface area (Å²) in [7, 11) is 1.71. The van der Waals surface area contributed by atoms with E-state index in [0.29, 0.717) is 10.8 Å². The molecule has 2 aromatic carbocycles. The van der Waals surface area contributed by atoms with E-state index in [1.54, 1.807) is 19.3 Å². The number of hydrogen-bond donors (Lipinski definition) is 0. The zero-order valence-corrected chi connectivity index (χ0v) is 18.7. The van der Waals surface area contributed by atoms with Crippen LogP contribution >= 0.6 is 0 Å². The van der Waals surface area contributed by atoms with Crippen LogP contribution < -0.4 is 15.9 Å². The smallest absolute Gasteiger partial charge is 0.250 e. The third-order valence-electron chi connectivity index (χ3n) is 6.73. The lowest BCUT2D eigenvalue weighted by atomic mass is 9.93. The molecule has 1 amide bonds. The molecule has 168 valence electrons. The summed E-state index contributed by atoms with van der Waals surface area (Å²) in [5.41, 5.74) is 2.11. The van der Waals surface area contributed by atoms with Gasteiger partial charge in [-0.15, -0.1) is 0 Å². The molecule has 5 rings (SSSR count). The monoisotopic (exact) mass is 441 g/mol. The minimum atomic E-state index is -0.104. The number of aromatic nitrogens is 2. The average molecular weight is 442 g/mol. The van der Waals surface area contributed by atoms with Crippen LogP contribution in [-0.4, -0.2) is 21.1 Å². The molecule has 2 aromatic heterocycles. The number of hydrogen-bond acceptors (Lipinski definition) is 3. The molecule has 1 aliphatic rings. The molecule has 0 bridgehead atoms. The molecule has 6 nitrogen and oxygen atoms in total. The molecule has 0 atom stereocenters. The maximum absolute atomic E-state index is 13.9. The van der Waals surface area contributed by atoms with Gasteiger partial charge in [0.05, 0.1) is 16.7 Å². The van der Waals surface area contributed by atoms with Gasteiger partial charge in [-0.2, -0.15) is 0 Å². The molecule has 1 fully saturated rings. The van der Waals surface area contributed by atoms with Gasteiger partial charge in [-0.25, -0.2) is 0 Å². The second-order valence-corrected chi connectivity index (χ2v) is 8.84.